The van der Waals surface area contributed by atoms with Gasteiger partial charge in [-0.25, -0.2) is 0 Å². The number of nitrogens with one attached hydrogen (secondary N) is 1. The van der Waals surface area contributed by atoms with Gasteiger partial charge in [-0.2, -0.15) is 0 Å². The van der Waals surface area contributed by atoms with Gasteiger partial charge in [0.25, 0.3) is 5.91 Å². The molecule has 0 atom stereocenters. The van der Waals surface area contributed by atoms with Crippen LogP contribution in [0.3, 0.4) is 0 Å². The van der Waals surface area contributed by atoms with Gasteiger partial charge in [0.05, 0.1) is 4.91 Å². The lowest BCUT2D eigenvalue weighted by atomic mass is 10.3. The number of thiocarbonyl (C=S) groups is 1. The summed E-state index contributed by atoms with van der Waals surface area (Å²) < 4.78 is 0.383. The van der Waals surface area contributed by atoms with Gasteiger partial charge in [-0.15, -0.1) is 11.3 Å². The van der Waals surface area contributed by atoms with E-state index in [0.29, 0.717) is 19.9 Å². The molecule has 0 radical (unpaired) electrons. The zero-order valence-electron chi connectivity index (χ0n) is 12.2. The Bertz CT molecular complexity index is 816. The van der Waals surface area contributed by atoms with Crippen molar-refractivity contribution in [2.24, 2.45) is 0 Å². The maximum atomic E-state index is 12.4. The highest BCUT2D eigenvalue weighted by Gasteiger charge is 2.33. The molecule has 0 saturated carbocycles. The smallest absolute Gasteiger partial charge is 0.266 e. The van der Waals surface area contributed by atoms with Gasteiger partial charge >= 0.3 is 0 Å². The number of hydrogen-bond donors (Lipinski definition) is 1. The lowest BCUT2D eigenvalue weighted by Gasteiger charge is -2.14. The van der Waals surface area contributed by atoms with Crippen LogP contribution in [0.25, 0.3) is 6.08 Å². The Morgan fingerprint density at radius 3 is 2.71 bits per heavy atom. The fourth-order valence-electron chi connectivity index (χ4n) is 2.02. The minimum atomic E-state index is -0.314. The first-order valence-corrected chi connectivity index (χ1v) is 9.35. The average molecular weight is 395 g/mol. The third-order valence-electron chi connectivity index (χ3n) is 3.12. The molecule has 0 aliphatic carbocycles. The molecule has 1 aromatic heterocycles. The first-order chi connectivity index (χ1) is 11.5. The van der Waals surface area contributed by atoms with E-state index in [9.17, 15) is 9.59 Å². The third kappa shape index (κ3) is 4.05. The molecular weight excluding hydrogens is 384 g/mol. The molecule has 1 N–H and O–H groups in total. The van der Waals surface area contributed by atoms with E-state index in [-0.39, 0.29) is 18.4 Å². The second-order valence-electron chi connectivity index (χ2n) is 4.84. The Labute approximate surface area is 157 Å². The quantitative estimate of drug-likeness (QED) is 0.622. The largest absolute Gasteiger partial charge is 0.325 e. The molecule has 1 aromatic carbocycles. The number of thiophene rings is 1. The number of rotatable bonds is 4. The van der Waals surface area contributed by atoms with Gasteiger partial charge < -0.3 is 5.32 Å². The number of carbonyl (C=O) groups is 2. The highest BCUT2D eigenvalue weighted by Crippen LogP contribution is 2.33. The predicted molar refractivity (Wildman–Crippen MR) is 104 cm³/mol. The third-order valence-corrected chi connectivity index (χ3v) is 5.57. The van der Waals surface area contributed by atoms with Crippen LogP contribution in [-0.4, -0.2) is 27.6 Å². The summed E-state index contributed by atoms with van der Waals surface area (Å²) in [6.45, 7) is -0.116. The summed E-state index contributed by atoms with van der Waals surface area (Å²) in [6.07, 6.45) is 1.79. The van der Waals surface area contributed by atoms with Crippen LogP contribution in [0.4, 0.5) is 5.69 Å². The van der Waals surface area contributed by atoms with Crippen LogP contribution in [0.15, 0.2) is 46.7 Å². The van der Waals surface area contributed by atoms with Crippen molar-refractivity contribution in [1.82, 2.24) is 4.90 Å². The second-order valence-corrected chi connectivity index (χ2v) is 7.93. The van der Waals surface area contributed by atoms with Gasteiger partial charge in [0, 0.05) is 15.6 Å². The molecule has 1 fully saturated rings. The van der Waals surface area contributed by atoms with Gasteiger partial charge in [-0.3, -0.25) is 14.5 Å². The summed E-state index contributed by atoms with van der Waals surface area (Å²) in [5.41, 5.74) is 0.615. The maximum Gasteiger partial charge on any atom is 0.266 e. The zero-order valence-corrected chi connectivity index (χ0v) is 15.4. The Morgan fingerprint density at radius 1 is 1.29 bits per heavy atom. The molecule has 1 aliphatic heterocycles. The number of amides is 2. The van der Waals surface area contributed by atoms with E-state index in [0.717, 1.165) is 4.88 Å². The van der Waals surface area contributed by atoms with Gasteiger partial charge in [-0.1, -0.05) is 41.6 Å². The summed E-state index contributed by atoms with van der Waals surface area (Å²) in [6, 6.07) is 10.6. The predicted octanol–water partition coefficient (Wildman–Crippen LogP) is 4.24. The molecule has 0 unspecified atom stereocenters. The van der Waals surface area contributed by atoms with Crippen LogP contribution in [-0.2, 0) is 9.59 Å². The number of hydrogen-bond acceptors (Lipinski definition) is 5. The Kier molecular flexibility index (Phi) is 5.35. The number of thioether (sulfide) groups is 1. The van der Waals surface area contributed by atoms with E-state index >= 15 is 0 Å². The van der Waals surface area contributed by atoms with Crippen molar-refractivity contribution in [3.05, 3.63) is 56.6 Å². The molecule has 2 aromatic rings. The van der Waals surface area contributed by atoms with Gasteiger partial charge in [0.1, 0.15) is 10.9 Å². The molecule has 1 aliphatic rings. The van der Waals surface area contributed by atoms with Crippen molar-refractivity contribution in [1.29, 1.82) is 0 Å². The zero-order chi connectivity index (χ0) is 17.1. The number of carbonyl (C=O) groups excluding carboxylic acids is 2. The summed E-state index contributed by atoms with van der Waals surface area (Å²) >= 11 is 13.8. The van der Waals surface area contributed by atoms with E-state index in [1.165, 1.54) is 28.0 Å². The van der Waals surface area contributed by atoms with E-state index in [1.807, 2.05) is 17.5 Å². The van der Waals surface area contributed by atoms with Crippen molar-refractivity contribution in [3.63, 3.8) is 0 Å². The molecular formula is C16H11ClN2O2S3. The molecule has 0 spiro atoms. The minimum absolute atomic E-state index is 0.116. The molecule has 0 bridgehead atoms. The van der Waals surface area contributed by atoms with Crippen LogP contribution in [0.5, 0.6) is 0 Å². The normalized spacial score (nSPS) is 16.0. The minimum Gasteiger partial charge on any atom is -0.325 e. The van der Waals surface area contributed by atoms with Crippen molar-refractivity contribution in [3.8, 4) is 0 Å². The molecule has 1 saturated heterocycles. The number of anilines is 1. The van der Waals surface area contributed by atoms with Gasteiger partial charge in [0.2, 0.25) is 5.91 Å². The van der Waals surface area contributed by atoms with Crippen LogP contribution in [0.2, 0.25) is 5.02 Å². The van der Waals surface area contributed by atoms with E-state index in [4.69, 9.17) is 23.8 Å². The van der Waals surface area contributed by atoms with Gasteiger partial charge in [0.15, 0.2) is 0 Å². The van der Waals surface area contributed by atoms with E-state index in [2.05, 4.69) is 5.32 Å². The number of benzene rings is 1. The van der Waals surface area contributed by atoms with Crippen molar-refractivity contribution < 1.29 is 9.59 Å². The first kappa shape index (κ1) is 17.2. The highest BCUT2D eigenvalue weighted by atomic mass is 35.5. The summed E-state index contributed by atoms with van der Waals surface area (Å²) in [4.78, 5) is 27.4. The van der Waals surface area contributed by atoms with Crippen LogP contribution in [0.1, 0.15) is 4.88 Å². The molecule has 4 nitrogen and oxygen atoms in total. The van der Waals surface area contributed by atoms with Crippen LogP contribution in [0, 0.1) is 0 Å². The standard InChI is InChI=1S/C16H11ClN2O2S3/c17-10-3-5-11(6-4-10)18-14(20)9-19-15(21)13(24-16(19)22)8-12-2-1-7-23-12/h1-8H,9H2,(H,18,20)/b13-8+. The van der Waals surface area contributed by atoms with Gasteiger partial charge in [-0.05, 0) is 41.8 Å². The lowest BCUT2D eigenvalue weighted by molar-refractivity contribution is -0.126. The average Bonchev–Trinajstić information content (AvgIpc) is 3.14. The van der Waals surface area contributed by atoms with Crippen molar-refractivity contribution >= 4 is 74.8 Å². The molecule has 2 heterocycles. The Balaban J connectivity index is 1.66. The van der Waals surface area contributed by atoms with E-state index in [1.54, 1.807) is 30.3 Å². The maximum absolute atomic E-state index is 12.4. The monoisotopic (exact) mass is 394 g/mol. The SMILES string of the molecule is O=C(CN1C(=O)/C(=C\c2cccs2)SC1=S)Nc1ccc(Cl)cc1. The topological polar surface area (TPSA) is 49.4 Å². The Morgan fingerprint density at radius 2 is 2.04 bits per heavy atom. The molecule has 8 heteroatoms. The lowest BCUT2D eigenvalue weighted by Crippen LogP contribution is -2.36. The summed E-state index contributed by atoms with van der Waals surface area (Å²) in [7, 11) is 0. The fraction of sp³-hybridized carbons (Fsp3) is 0.0625. The van der Waals surface area contributed by atoms with Crippen LogP contribution >= 0.6 is 46.9 Å². The molecule has 122 valence electrons. The summed E-state index contributed by atoms with van der Waals surface area (Å²) in [5.74, 6) is -0.560. The fourth-order valence-corrected chi connectivity index (χ4v) is 4.12. The summed E-state index contributed by atoms with van der Waals surface area (Å²) in [5, 5.41) is 5.24. The molecule has 2 amide bonds. The second kappa shape index (κ2) is 7.48. The highest BCUT2D eigenvalue weighted by molar-refractivity contribution is 8.26. The van der Waals surface area contributed by atoms with Crippen molar-refractivity contribution in [2.75, 3.05) is 11.9 Å². The molecule has 3 rings (SSSR count). The number of halogens is 1. The Hall–Kier alpha value is -1.67. The first-order valence-electron chi connectivity index (χ1n) is 6.87. The van der Waals surface area contributed by atoms with E-state index < -0.39 is 0 Å². The molecule has 24 heavy (non-hydrogen) atoms. The number of nitrogens with zero attached hydrogens (tertiary/aromatic N) is 1. The van der Waals surface area contributed by atoms with Crippen molar-refractivity contribution in [2.45, 2.75) is 0 Å². The van der Waals surface area contributed by atoms with Crippen LogP contribution < -0.4 is 5.32 Å².